The first-order chi connectivity index (χ1) is 22.8. The summed E-state index contributed by atoms with van der Waals surface area (Å²) in [6.07, 6.45) is 3.07. The third-order valence-corrected chi connectivity index (χ3v) is 9.14. The van der Waals surface area contributed by atoms with Gasteiger partial charge in [-0.15, -0.1) is 0 Å². The molecule has 1 heterocycles. The van der Waals surface area contributed by atoms with Crippen molar-refractivity contribution in [3.8, 4) is 22.6 Å². The molecule has 5 rings (SSSR count). The van der Waals surface area contributed by atoms with Crippen LogP contribution in [0.25, 0.3) is 11.1 Å². The summed E-state index contributed by atoms with van der Waals surface area (Å²) in [5, 5.41) is 3.53. The minimum atomic E-state index is -0.280. The monoisotopic (exact) mass is 645 g/mol. The van der Waals surface area contributed by atoms with E-state index in [1.165, 1.54) is 12.1 Å². The maximum atomic E-state index is 13.9. The van der Waals surface area contributed by atoms with Crippen molar-refractivity contribution in [2.24, 2.45) is 11.8 Å². The third-order valence-electron chi connectivity index (χ3n) is 9.14. The number of carbonyl (C=O) groups is 2. The molecular weight excluding hydrogens is 597 g/mol. The molecule has 1 saturated carbocycles. The van der Waals surface area contributed by atoms with Crippen molar-refractivity contribution in [1.82, 2.24) is 15.1 Å². The van der Waals surface area contributed by atoms with Crippen molar-refractivity contribution in [3.05, 3.63) is 83.7 Å². The zero-order chi connectivity index (χ0) is 33.3. The Kier molecular flexibility index (Phi) is 11.9. The van der Waals surface area contributed by atoms with Crippen molar-refractivity contribution < 1.29 is 28.2 Å². The van der Waals surface area contributed by atoms with E-state index in [1.807, 2.05) is 49.1 Å². The summed E-state index contributed by atoms with van der Waals surface area (Å²) >= 11 is 0. The molecule has 0 unspecified atom stereocenters. The third kappa shape index (κ3) is 9.11. The average Bonchev–Trinajstić information content (AvgIpc) is 3.82. The van der Waals surface area contributed by atoms with E-state index in [-0.39, 0.29) is 41.6 Å². The summed E-state index contributed by atoms with van der Waals surface area (Å²) in [5.74, 6) is 1.33. The van der Waals surface area contributed by atoms with E-state index in [0.29, 0.717) is 49.8 Å². The standard InChI is InChI=1S/C38H48FN3O5/c1-26(2)41(38(44)30-12-15-35(46-4)36(21-30)47-17-7-16-45-3)24-31-22-40-23-32(31)25-42(34-13-14-34)37(43)19-27-8-5-9-28(18-27)29-10-6-11-33(39)20-29/h5-6,8-12,15,18,20-21,26,31-32,34,40H,7,13-14,16-17,19,22-25H2,1-4H3/t31-,32-/m0/s1. The molecule has 0 bridgehead atoms. The Hall–Kier alpha value is -3.95. The van der Waals surface area contributed by atoms with Gasteiger partial charge >= 0.3 is 0 Å². The Morgan fingerprint density at radius 3 is 2.30 bits per heavy atom. The van der Waals surface area contributed by atoms with Gasteiger partial charge in [-0.2, -0.15) is 0 Å². The Bertz CT molecular complexity index is 1510. The first-order valence-corrected chi connectivity index (χ1v) is 16.7. The number of nitrogens with one attached hydrogen (secondary N) is 1. The molecule has 1 saturated heterocycles. The minimum absolute atomic E-state index is 0.0107. The highest BCUT2D eigenvalue weighted by Crippen LogP contribution is 2.32. The smallest absolute Gasteiger partial charge is 0.254 e. The van der Waals surface area contributed by atoms with E-state index in [0.717, 1.165) is 49.0 Å². The van der Waals surface area contributed by atoms with Gasteiger partial charge in [0.15, 0.2) is 11.5 Å². The number of methoxy groups -OCH3 is 2. The summed E-state index contributed by atoms with van der Waals surface area (Å²) in [7, 11) is 3.25. The lowest BCUT2D eigenvalue weighted by atomic mass is 9.93. The first-order valence-electron chi connectivity index (χ1n) is 16.7. The fourth-order valence-electron chi connectivity index (χ4n) is 6.37. The number of halogens is 1. The second-order valence-corrected chi connectivity index (χ2v) is 13.0. The Morgan fingerprint density at radius 2 is 1.62 bits per heavy atom. The van der Waals surface area contributed by atoms with Crippen molar-refractivity contribution in [1.29, 1.82) is 0 Å². The van der Waals surface area contributed by atoms with Crippen LogP contribution < -0.4 is 14.8 Å². The number of amides is 2. The Labute approximate surface area is 278 Å². The zero-order valence-electron chi connectivity index (χ0n) is 28.0. The van der Waals surface area contributed by atoms with Gasteiger partial charge in [-0.3, -0.25) is 9.59 Å². The first kappa shape index (κ1) is 34.4. The SMILES string of the molecule is COCCCOc1cc(C(=O)N(C[C@@H]2CNC[C@H]2CN(C(=O)Cc2cccc(-c3cccc(F)c3)c2)C2CC2)C(C)C)ccc1OC. The van der Waals surface area contributed by atoms with Crippen LogP contribution >= 0.6 is 0 Å². The van der Waals surface area contributed by atoms with Crippen LogP contribution in [0.1, 0.15) is 49.0 Å². The molecule has 2 aliphatic rings. The molecular formula is C38H48FN3O5. The summed E-state index contributed by atoms with van der Waals surface area (Å²) in [5.41, 5.74) is 3.16. The Morgan fingerprint density at radius 1 is 0.894 bits per heavy atom. The molecule has 2 atom stereocenters. The van der Waals surface area contributed by atoms with Crippen LogP contribution in [0.2, 0.25) is 0 Å². The Balaban J connectivity index is 1.25. The lowest BCUT2D eigenvalue weighted by Crippen LogP contribution is -2.45. The molecule has 1 N–H and O–H groups in total. The van der Waals surface area contributed by atoms with Crippen LogP contribution in [0.4, 0.5) is 4.39 Å². The molecule has 3 aromatic rings. The molecule has 0 aromatic heterocycles. The van der Waals surface area contributed by atoms with Crippen LogP contribution in [0.15, 0.2) is 66.7 Å². The highest BCUT2D eigenvalue weighted by atomic mass is 19.1. The van der Waals surface area contributed by atoms with Crippen molar-refractivity contribution in [2.75, 3.05) is 53.6 Å². The summed E-state index contributed by atoms with van der Waals surface area (Å²) in [4.78, 5) is 31.7. The molecule has 1 aliphatic heterocycles. The predicted molar refractivity (Wildman–Crippen MR) is 181 cm³/mol. The lowest BCUT2D eigenvalue weighted by molar-refractivity contribution is -0.131. The molecule has 1 aliphatic carbocycles. The summed E-state index contributed by atoms with van der Waals surface area (Å²) in [6.45, 7) is 7.97. The maximum absolute atomic E-state index is 13.9. The number of rotatable bonds is 16. The summed E-state index contributed by atoms with van der Waals surface area (Å²) < 4.78 is 30.4. The van der Waals surface area contributed by atoms with Gasteiger partial charge in [0, 0.05) is 64.0 Å². The lowest BCUT2D eigenvalue weighted by Gasteiger charge is -2.34. The molecule has 8 nitrogen and oxygen atoms in total. The molecule has 252 valence electrons. The molecule has 9 heteroatoms. The molecule has 2 fully saturated rings. The van der Waals surface area contributed by atoms with E-state index >= 15 is 0 Å². The predicted octanol–water partition coefficient (Wildman–Crippen LogP) is 5.84. The van der Waals surface area contributed by atoms with Gasteiger partial charge in [0.25, 0.3) is 5.91 Å². The molecule has 3 aromatic carbocycles. The topological polar surface area (TPSA) is 80.3 Å². The van der Waals surface area contributed by atoms with Gasteiger partial charge in [-0.05, 0) is 85.5 Å². The molecule has 47 heavy (non-hydrogen) atoms. The number of benzene rings is 3. The van der Waals surface area contributed by atoms with Gasteiger partial charge in [0.1, 0.15) is 5.82 Å². The van der Waals surface area contributed by atoms with Crippen LogP contribution in [0.5, 0.6) is 11.5 Å². The van der Waals surface area contributed by atoms with Crippen LogP contribution in [0, 0.1) is 17.7 Å². The second-order valence-electron chi connectivity index (χ2n) is 13.0. The fourth-order valence-corrected chi connectivity index (χ4v) is 6.37. The van der Waals surface area contributed by atoms with Crippen LogP contribution in [-0.2, 0) is 16.0 Å². The highest BCUT2D eigenvalue weighted by Gasteiger charge is 2.38. The molecule has 0 radical (unpaired) electrons. The van der Waals surface area contributed by atoms with E-state index in [4.69, 9.17) is 14.2 Å². The van der Waals surface area contributed by atoms with Gasteiger partial charge in [-0.1, -0.05) is 36.4 Å². The molecule has 0 spiro atoms. The number of nitrogens with zero attached hydrogens (tertiary/aromatic N) is 2. The summed E-state index contributed by atoms with van der Waals surface area (Å²) in [6, 6.07) is 19.9. The second kappa shape index (κ2) is 16.2. The van der Waals surface area contributed by atoms with E-state index < -0.39 is 0 Å². The van der Waals surface area contributed by atoms with Gasteiger partial charge in [0.2, 0.25) is 5.91 Å². The normalized spacial score (nSPS) is 17.5. The van der Waals surface area contributed by atoms with E-state index in [1.54, 1.807) is 38.5 Å². The number of carbonyl (C=O) groups excluding carboxylic acids is 2. The minimum Gasteiger partial charge on any atom is -0.493 e. The maximum Gasteiger partial charge on any atom is 0.254 e. The highest BCUT2D eigenvalue weighted by molar-refractivity contribution is 5.95. The quantitative estimate of drug-likeness (QED) is 0.197. The van der Waals surface area contributed by atoms with Crippen molar-refractivity contribution in [3.63, 3.8) is 0 Å². The van der Waals surface area contributed by atoms with E-state index in [2.05, 4.69) is 10.2 Å². The van der Waals surface area contributed by atoms with E-state index in [9.17, 15) is 14.0 Å². The fraction of sp³-hybridized carbons (Fsp3) is 0.474. The van der Waals surface area contributed by atoms with Gasteiger partial charge in [-0.25, -0.2) is 4.39 Å². The molecule has 2 amide bonds. The number of hydrogen-bond acceptors (Lipinski definition) is 6. The van der Waals surface area contributed by atoms with Gasteiger partial charge < -0.3 is 29.3 Å². The van der Waals surface area contributed by atoms with Crippen molar-refractivity contribution in [2.45, 2.75) is 51.6 Å². The van der Waals surface area contributed by atoms with Gasteiger partial charge in [0.05, 0.1) is 20.1 Å². The average molecular weight is 646 g/mol. The van der Waals surface area contributed by atoms with Crippen LogP contribution in [0.3, 0.4) is 0 Å². The van der Waals surface area contributed by atoms with Crippen molar-refractivity contribution >= 4 is 11.8 Å². The number of ether oxygens (including phenoxy) is 3. The van der Waals surface area contributed by atoms with Crippen LogP contribution in [-0.4, -0.2) is 87.3 Å². The largest absolute Gasteiger partial charge is 0.493 e. The zero-order valence-corrected chi connectivity index (χ0v) is 28.0. The number of hydrogen-bond donors (Lipinski definition) is 1.